The third kappa shape index (κ3) is 8.41. The molecular weight excluding hydrogens is 528 g/mol. The van der Waals surface area contributed by atoms with Crippen molar-refractivity contribution in [2.24, 2.45) is 5.10 Å². The minimum absolute atomic E-state index is 0.233. The molecular formula is C26H23BrN4O5. The summed E-state index contributed by atoms with van der Waals surface area (Å²) in [7, 11) is 0. The number of amides is 3. The van der Waals surface area contributed by atoms with Crippen molar-refractivity contribution in [3.05, 3.63) is 95.5 Å². The minimum Gasteiger partial charge on any atom is -0.490 e. The van der Waals surface area contributed by atoms with Gasteiger partial charge >= 0.3 is 11.8 Å². The van der Waals surface area contributed by atoms with E-state index in [1.807, 2.05) is 18.2 Å². The molecule has 0 fully saturated rings. The Morgan fingerprint density at radius 3 is 2.33 bits per heavy atom. The molecule has 10 heteroatoms. The van der Waals surface area contributed by atoms with E-state index in [9.17, 15) is 14.4 Å². The van der Waals surface area contributed by atoms with E-state index in [-0.39, 0.29) is 12.5 Å². The first-order valence-electron chi connectivity index (χ1n) is 10.7. The highest BCUT2D eigenvalue weighted by molar-refractivity contribution is 9.10. The van der Waals surface area contributed by atoms with Gasteiger partial charge in [0.1, 0.15) is 18.1 Å². The largest absolute Gasteiger partial charge is 0.490 e. The fourth-order valence-electron chi connectivity index (χ4n) is 2.80. The van der Waals surface area contributed by atoms with Crippen LogP contribution < -0.4 is 25.5 Å². The Hall–Kier alpha value is -4.44. The van der Waals surface area contributed by atoms with E-state index in [1.165, 1.54) is 6.21 Å². The normalized spacial score (nSPS) is 10.4. The summed E-state index contributed by atoms with van der Waals surface area (Å²) in [4.78, 5) is 36.4. The fourth-order valence-corrected chi connectivity index (χ4v) is 3.18. The van der Waals surface area contributed by atoms with Gasteiger partial charge in [-0.25, -0.2) is 5.43 Å². The molecule has 9 nitrogen and oxygen atoms in total. The second kappa shape index (κ2) is 13.4. The molecule has 3 amide bonds. The van der Waals surface area contributed by atoms with Crippen LogP contribution >= 0.6 is 15.9 Å². The standard InChI is InChI=1S/C26H23BrN4O5/c1-2-14-35-22-11-9-21(10-12-22)30-25(33)26(34)31-28-16-18-15-19(27)8-13-23(18)36-17-24(32)29-20-6-4-3-5-7-20/h2-13,15-16H,1,14,17H2,(H,29,32)(H,30,33)(H,31,34)/b28-16-. The Bertz CT molecular complexity index is 1250. The number of benzene rings is 3. The average Bonchev–Trinajstić information content (AvgIpc) is 2.88. The zero-order chi connectivity index (χ0) is 25.8. The summed E-state index contributed by atoms with van der Waals surface area (Å²) in [6.07, 6.45) is 2.93. The Labute approximate surface area is 216 Å². The Balaban J connectivity index is 1.53. The topological polar surface area (TPSA) is 118 Å². The first kappa shape index (κ1) is 26.2. The molecule has 3 aromatic carbocycles. The van der Waals surface area contributed by atoms with E-state index in [1.54, 1.807) is 60.7 Å². The van der Waals surface area contributed by atoms with Crippen molar-refractivity contribution >= 4 is 51.2 Å². The second-order valence-corrected chi connectivity index (χ2v) is 8.08. The molecule has 0 bridgehead atoms. The molecule has 0 saturated carbocycles. The molecule has 0 unspecified atom stereocenters. The maximum absolute atomic E-state index is 12.2. The quantitative estimate of drug-likeness (QED) is 0.152. The number of hydrazone groups is 1. The van der Waals surface area contributed by atoms with E-state index in [2.05, 4.69) is 43.7 Å². The number of para-hydroxylation sites is 1. The molecule has 0 atom stereocenters. The molecule has 0 spiro atoms. The van der Waals surface area contributed by atoms with Crippen LogP contribution in [0, 0.1) is 0 Å². The summed E-state index contributed by atoms with van der Waals surface area (Å²) in [6, 6.07) is 20.6. The van der Waals surface area contributed by atoms with E-state index in [0.29, 0.717) is 35.0 Å². The van der Waals surface area contributed by atoms with Gasteiger partial charge in [0.15, 0.2) is 6.61 Å². The smallest absolute Gasteiger partial charge is 0.329 e. The zero-order valence-corrected chi connectivity index (χ0v) is 20.7. The number of carbonyl (C=O) groups excluding carboxylic acids is 3. The molecule has 0 saturated heterocycles. The monoisotopic (exact) mass is 550 g/mol. The van der Waals surface area contributed by atoms with Crippen LogP contribution in [0.4, 0.5) is 11.4 Å². The van der Waals surface area contributed by atoms with Crippen molar-refractivity contribution in [2.75, 3.05) is 23.8 Å². The maximum Gasteiger partial charge on any atom is 0.329 e. The van der Waals surface area contributed by atoms with Gasteiger partial charge in [-0.1, -0.05) is 46.8 Å². The summed E-state index contributed by atoms with van der Waals surface area (Å²) in [5, 5.41) is 9.03. The van der Waals surface area contributed by atoms with E-state index < -0.39 is 11.8 Å². The van der Waals surface area contributed by atoms with Crippen LogP contribution in [0.1, 0.15) is 5.56 Å². The summed E-state index contributed by atoms with van der Waals surface area (Å²) in [5.41, 5.74) is 3.72. The van der Waals surface area contributed by atoms with Crippen molar-refractivity contribution in [2.45, 2.75) is 0 Å². The van der Waals surface area contributed by atoms with Crippen molar-refractivity contribution in [3.63, 3.8) is 0 Å². The number of hydrogen-bond acceptors (Lipinski definition) is 6. The molecule has 184 valence electrons. The van der Waals surface area contributed by atoms with Crippen molar-refractivity contribution in [1.82, 2.24) is 5.43 Å². The van der Waals surface area contributed by atoms with Crippen molar-refractivity contribution < 1.29 is 23.9 Å². The van der Waals surface area contributed by atoms with Crippen LogP contribution in [0.5, 0.6) is 11.5 Å². The molecule has 0 aliphatic carbocycles. The van der Waals surface area contributed by atoms with E-state index in [0.717, 1.165) is 4.47 Å². The lowest BCUT2D eigenvalue weighted by Gasteiger charge is -2.10. The third-order valence-electron chi connectivity index (χ3n) is 4.44. The van der Waals surface area contributed by atoms with Gasteiger partial charge in [-0.15, -0.1) is 0 Å². The molecule has 0 radical (unpaired) electrons. The number of carbonyl (C=O) groups is 3. The minimum atomic E-state index is -0.960. The lowest BCUT2D eigenvalue weighted by molar-refractivity contribution is -0.136. The summed E-state index contributed by atoms with van der Waals surface area (Å²) >= 11 is 3.36. The Morgan fingerprint density at radius 2 is 1.61 bits per heavy atom. The van der Waals surface area contributed by atoms with Gasteiger partial charge in [-0.05, 0) is 54.6 Å². The fraction of sp³-hybridized carbons (Fsp3) is 0.0769. The molecule has 0 aliphatic heterocycles. The van der Waals surface area contributed by atoms with Crippen LogP contribution in [0.25, 0.3) is 0 Å². The molecule has 0 aliphatic rings. The van der Waals surface area contributed by atoms with Gasteiger partial charge in [0.25, 0.3) is 5.91 Å². The highest BCUT2D eigenvalue weighted by atomic mass is 79.9. The Kier molecular flexibility index (Phi) is 9.78. The van der Waals surface area contributed by atoms with E-state index >= 15 is 0 Å². The van der Waals surface area contributed by atoms with Gasteiger partial charge in [0, 0.05) is 21.4 Å². The third-order valence-corrected chi connectivity index (χ3v) is 4.94. The molecule has 0 heterocycles. The zero-order valence-electron chi connectivity index (χ0n) is 19.1. The Morgan fingerprint density at radius 1 is 0.889 bits per heavy atom. The van der Waals surface area contributed by atoms with Crippen LogP contribution in [0.3, 0.4) is 0 Å². The van der Waals surface area contributed by atoms with Crippen LogP contribution in [0.2, 0.25) is 0 Å². The second-order valence-electron chi connectivity index (χ2n) is 7.16. The predicted molar refractivity (Wildman–Crippen MR) is 141 cm³/mol. The highest BCUT2D eigenvalue weighted by Crippen LogP contribution is 2.22. The van der Waals surface area contributed by atoms with Gasteiger partial charge in [0.2, 0.25) is 0 Å². The summed E-state index contributed by atoms with van der Waals surface area (Å²) in [6.45, 7) is 3.70. The average molecular weight is 551 g/mol. The molecule has 3 aromatic rings. The summed E-state index contributed by atoms with van der Waals surface area (Å²) in [5.74, 6) is -1.22. The van der Waals surface area contributed by atoms with Gasteiger partial charge in [-0.2, -0.15) is 5.10 Å². The molecule has 36 heavy (non-hydrogen) atoms. The number of rotatable bonds is 10. The lowest BCUT2D eigenvalue weighted by Crippen LogP contribution is -2.32. The van der Waals surface area contributed by atoms with Crippen LogP contribution in [-0.2, 0) is 14.4 Å². The van der Waals surface area contributed by atoms with Gasteiger partial charge < -0.3 is 20.1 Å². The summed E-state index contributed by atoms with van der Waals surface area (Å²) < 4.78 is 11.7. The number of nitrogens with one attached hydrogen (secondary N) is 3. The highest BCUT2D eigenvalue weighted by Gasteiger charge is 2.13. The number of anilines is 2. The number of ether oxygens (including phenoxy) is 2. The molecule has 3 rings (SSSR count). The number of halogens is 1. The van der Waals surface area contributed by atoms with Crippen LogP contribution in [-0.4, -0.2) is 37.1 Å². The van der Waals surface area contributed by atoms with Crippen molar-refractivity contribution in [3.8, 4) is 11.5 Å². The predicted octanol–water partition coefficient (Wildman–Crippen LogP) is 4.12. The van der Waals surface area contributed by atoms with Gasteiger partial charge in [0.05, 0.1) is 6.21 Å². The van der Waals surface area contributed by atoms with Gasteiger partial charge in [-0.3, -0.25) is 14.4 Å². The van der Waals surface area contributed by atoms with E-state index in [4.69, 9.17) is 9.47 Å². The number of hydrogen-bond donors (Lipinski definition) is 3. The lowest BCUT2D eigenvalue weighted by atomic mass is 10.2. The first-order valence-corrected chi connectivity index (χ1v) is 11.5. The maximum atomic E-state index is 12.2. The SMILES string of the molecule is C=CCOc1ccc(NC(=O)C(=O)N/N=C\c2cc(Br)ccc2OCC(=O)Nc2ccccc2)cc1. The van der Waals surface area contributed by atoms with Crippen molar-refractivity contribution in [1.29, 1.82) is 0 Å². The van der Waals surface area contributed by atoms with Crippen LogP contribution in [0.15, 0.2) is 95.0 Å². The first-order chi connectivity index (χ1) is 17.4. The molecule has 0 aromatic heterocycles. The number of nitrogens with zero attached hydrogens (tertiary/aromatic N) is 1. The molecule has 3 N–H and O–H groups in total.